The molecule has 86 valence electrons. The van der Waals surface area contributed by atoms with Crippen molar-refractivity contribution in [3.63, 3.8) is 0 Å². The fraction of sp³-hybridized carbons (Fsp3) is 0.125. The Balaban J connectivity index is 3.52. The molecule has 0 atom stereocenters. The number of halogens is 4. The molecule has 1 rings (SSSR count). The minimum absolute atomic E-state index is 0.117. The Morgan fingerprint density at radius 2 is 1.94 bits per heavy atom. The number of nitro groups is 1. The van der Waals surface area contributed by atoms with Crippen molar-refractivity contribution >= 4 is 27.9 Å². The van der Waals surface area contributed by atoms with Crippen LogP contribution in [0.3, 0.4) is 0 Å². The van der Waals surface area contributed by atoms with Gasteiger partial charge in [-0.1, -0.05) is 0 Å². The van der Waals surface area contributed by atoms with E-state index in [9.17, 15) is 28.1 Å². The molecule has 0 fully saturated rings. The summed E-state index contributed by atoms with van der Waals surface area (Å²) >= 11 is 2.70. The Bertz CT molecular complexity index is 459. The molecule has 0 radical (unpaired) electrons. The van der Waals surface area contributed by atoms with Gasteiger partial charge in [0.1, 0.15) is 4.47 Å². The highest BCUT2D eigenvalue weighted by Gasteiger charge is 2.34. The van der Waals surface area contributed by atoms with Crippen LogP contribution in [0.5, 0.6) is 0 Å². The van der Waals surface area contributed by atoms with Gasteiger partial charge < -0.3 is 0 Å². The summed E-state index contributed by atoms with van der Waals surface area (Å²) in [6.07, 6.45) is -4.62. The summed E-state index contributed by atoms with van der Waals surface area (Å²) in [5.41, 5.74) is -2.44. The number of rotatable bonds is 2. The molecule has 0 amide bonds. The van der Waals surface area contributed by atoms with E-state index >= 15 is 0 Å². The largest absolute Gasteiger partial charge is 0.416 e. The van der Waals surface area contributed by atoms with Crippen LogP contribution < -0.4 is 0 Å². The van der Waals surface area contributed by atoms with Crippen molar-refractivity contribution in [2.45, 2.75) is 6.18 Å². The highest BCUT2D eigenvalue weighted by molar-refractivity contribution is 9.10. The second-order valence-electron chi connectivity index (χ2n) is 2.77. The third-order valence-electron chi connectivity index (χ3n) is 1.73. The van der Waals surface area contributed by atoms with Crippen molar-refractivity contribution in [3.8, 4) is 0 Å². The first-order valence-corrected chi connectivity index (χ1v) is 4.57. The van der Waals surface area contributed by atoms with Gasteiger partial charge in [0.2, 0.25) is 0 Å². The van der Waals surface area contributed by atoms with Crippen LogP contribution in [-0.4, -0.2) is 11.2 Å². The van der Waals surface area contributed by atoms with Gasteiger partial charge in [0.15, 0.2) is 6.29 Å². The number of aldehydes is 1. The molecule has 0 saturated carbocycles. The molecule has 0 spiro atoms. The third-order valence-corrected chi connectivity index (χ3v) is 2.60. The van der Waals surface area contributed by atoms with Gasteiger partial charge in [0.25, 0.3) is 5.69 Å². The van der Waals surface area contributed by atoms with Crippen LogP contribution in [0.2, 0.25) is 0 Å². The lowest BCUT2D eigenvalue weighted by Gasteiger charge is -2.08. The van der Waals surface area contributed by atoms with Gasteiger partial charge in [0, 0.05) is 11.6 Å². The smallest absolute Gasteiger partial charge is 0.298 e. The summed E-state index contributed by atoms with van der Waals surface area (Å²) in [6.45, 7) is 0. The minimum Gasteiger partial charge on any atom is -0.298 e. The maximum atomic E-state index is 12.3. The lowest BCUT2D eigenvalue weighted by atomic mass is 10.1. The fourth-order valence-electron chi connectivity index (χ4n) is 1.01. The Hall–Kier alpha value is -1.44. The SMILES string of the molecule is O=Cc1cc(C(F)(F)F)cc([N+](=O)[O-])c1Br. The first-order chi connectivity index (χ1) is 7.27. The Morgan fingerprint density at radius 3 is 2.31 bits per heavy atom. The monoisotopic (exact) mass is 297 g/mol. The molecule has 1 aromatic rings. The second kappa shape index (κ2) is 4.20. The van der Waals surface area contributed by atoms with Crippen LogP contribution in [0.15, 0.2) is 16.6 Å². The van der Waals surface area contributed by atoms with Gasteiger partial charge in [-0.3, -0.25) is 14.9 Å². The maximum Gasteiger partial charge on any atom is 0.416 e. The number of carbonyl (C=O) groups excluding carboxylic acids is 1. The maximum absolute atomic E-state index is 12.3. The van der Waals surface area contributed by atoms with Crippen LogP contribution in [-0.2, 0) is 6.18 Å². The van der Waals surface area contributed by atoms with E-state index in [0.29, 0.717) is 12.1 Å². The van der Waals surface area contributed by atoms with Gasteiger partial charge in [-0.15, -0.1) is 0 Å². The standard InChI is InChI=1S/C8H3BrF3NO3/c9-7-4(3-14)1-5(8(10,11)12)2-6(7)13(15)16/h1-3H. The summed E-state index contributed by atoms with van der Waals surface area (Å²) in [5, 5.41) is 10.5. The molecule has 0 N–H and O–H groups in total. The van der Waals surface area contributed by atoms with E-state index < -0.39 is 27.9 Å². The zero-order valence-electron chi connectivity index (χ0n) is 7.42. The number of hydrogen-bond donors (Lipinski definition) is 0. The molecule has 0 saturated heterocycles. The molecule has 0 aliphatic heterocycles. The van der Waals surface area contributed by atoms with Gasteiger partial charge >= 0.3 is 6.18 Å². The third kappa shape index (κ3) is 2.38. The highest BCUT2D eigenvalue weighted by Crippen LogP contribution is 2.36. The summed E-state index contributed by atoms with van der Waals surface area (Å²) < 4.78 is 36.7. The first kappa shape index (κ1) is 12.6. The molecule has 0 bridgehead atoms. The minimum atomic E-state index is -4.73. The molecular formula is C8H3BrF3NO3. The molecule has 0 aliphatic carbocycles. The highest BCUT2D eigenvalue weighted by atomic mass is 79.9. The predicted molar refractivity (Wildman–Crippen MR) is 51.2 cm³/mol. The van der Waals surface area contributed by atoms with E-state index in [1.54, 1.807) is 0 Å². The normalized spacial score (nSPS) is 11.2. The number of carbonyl (C=O) groups is 1. The number of alkyl halides is 3. The fourth-order valence-corrected chi connectivity index (χ4v) is 1.48. The average Bonchev–Trinajstić information content (AvgIpc) is 2.15. The quantitative estimate of drug-likeness (QED) is 0.478. The number of nitro benzene ring substituents is 1. The Labute approximate surface area is 95.3 Å². The summed E-state index contributed by atoms with van der Waals surface area (Å²) in [4.78, 5) is 19.9. The Kier molecular flexibility index (Phi) is 3.32. The molecule has 16 heavy (non-hydrogen) atoms. The number of hydrogen-bond acceptors (Lipinski definition) is 3. The molecular weight excluding hydrogens is 295 g/mol. The van der Waals surface area contributed by atoms with E-state index in [2.05, 4.69) is 15.9 Å². The second-order valence-corrected chi connectivity index (χ2v) is 3.56. The van der Waals surface area contributed by atoms with Crippen molar-refractivity contribution in [3.05, 3.63) is 37.8 Å². The summed E-state index contributed by atoms with van der Waals surface area (Å²) in [6, 6.07) is 0.918. The van der Waals surface area contributed by atoms with E-state index in [-0.39, 0.29) is 10.8 Å². The molecule has 0 aromatic heterocycles. The number of nitrogens with zero attached hydrogens (tertiary/aromatic N) is 1. The van der Waals surface area contributed by atoms with E-state index in [0.717, 1.165) is 0 Å². The van der Waals surface area contributed by atoms with Gasteiger partial charge in [-0.2, -0.15) is 13.2 Å². The van der Waals surface area contributed by atoms with Crippen molar-refractivity contribution in [1.82, 2.24) is 0 Å². The lowest BCUT2D eigenvalue weighted by molar-refractivity contribution is -0.385. The zero-order chi connectivity index (χ0) is 12.5. The zero-order valence-corrected chi connectivity index (χ0v) is 9.00. The van der Waals surface area contributed by atoms with Crippen molar-refractivity contribution < 1.29 is 22.9 Å². The van der Waals surface area contributed by atoms with Gasteiger partial charge in [-0.05, 0) is 22.0 Å². The molecule has 1 aromatic carbocycles. The van der Waals surface area contributed by atoms with Crippen LogP contribution >= 0.6 is 15.9 Å². The van der Waals surface area contributed by atoms with Crippen LogP contribution in [0.1, 0.15) is 15.9 Å². The van der Waals surface area contributed by atoms with Crippen molar-refractivity contribution in [1.29, 1.82) is 0 Å². The van der Waals surface area contributed by atoms with Crippen molar-refractivity contribution in [2.24, 2.45) is 0 Å². The van der Waals surface area contributed by atoms with E-state index in [1.807, 2.05) is 0 Å². The van der Waals surface area contributed by atoms with Crippen LogP contribution in [0.25, 0.3) is 0 Å². The molecule has 4 nitrogen and oxygen atoms in total. The van der Waals surface area contributed by atoms with Crippen LogP contribution in [0, 0.1) is 10.1 Å². The molecule has 8 heteroatoms. The molecule has 0 heterocycles. The Morgan fingerprint density at radius 1 is 1.38 bits per heavy atom. The average molecular weight is 298 g/mol. The van der Waals surface area contributed by atoms with Crippen LogP contribution in [0.4, 0.5) is 18.9 Å². The molecule has 0 aliphatic rings. The van der Waals surface area contributed by atoms with E-state index in [4.69, 9.17) is 0 Å². The number of benzene rings is 1. The van der Waals surface area contributed by atoms with E-state index in [1.165, 1.54) is 0 Å². The lowest BCUT2D eigenvalue weighted by Crippen LogP contribution is -2.07. The summed E-state index contributed by atoms with van der Waals surface area (Å²) in [7, 11) is 0. The van der Waals surface area contributed by atoms with Gasteiger partial charge in [0.05, 0.1) is 10.5 Å². The molecule has 0 unspecified atom stereocenters. The first-order valence-electron chi connectivity index (χ1n) is 3.77. The van der Waals surface area contributed by atoms with Crippen molar-refractivity contribution in [2.75, 3.05) is 0 Å². The predicted octanol–water partition coefficient (Wildman–Crippen LogP) is 3.19. The summed E-state index contributed by atoms with van der Waals surface area (Å²) in [5.74, 6) is 0. The van der Waals surface area contributed by atoms with Gasteiger partial charge in [-0.25, -0.2) is 0 Å². The topological polar surface area (TPSA) is 60.2 Å².